The second-order valence-electron chi connectivity index (χ2n) is 6.01. The minimum atomic E-state index is -3.38. The molecule has 0 saturated carbocycles. The zero-order valence-electron chi connectivity index (χ0n) is 13.8. The Bertz CT molecular complexity index is 970. The Morgan fingerprint density at radius 2 is 2.23 bits per heavy atom. The minimum Gasteiger partial charge on any atom is -0.352 e. The van der Waals surface area contributed by atoms with Crippen LogP contribution in [0.5, 0.6) is 0 Å². The number of nitrogens with one attached hydrogen (secondary N) is 1. The number of imidazole rings is 1. The number of amidine groups is 1. The number of nitrogens with zero attached hydrogens (tertiary/aromatic N) is 4. The molecule has 1 aromatic carbocycles. The maximum Gasteiger partial charge on any atom is 0.257 e. The Morgan fingerprint density at radius 1 is 1.35 bits per heavy atom. The number of carbonyl (C=O) groups excluding carboxylic acids is 1. The summed E-state index contributed by atoms with van der Waals surface area (Å²) in [5, 5.41) is 3.37. The minimum absolute atomic E-state index is 0.00958. The molecular weight excluding hydrogens is 374 g/mol. The Kier molecular flexibility index (Phi) is 4.45. The fourth-order valence-electron chi connectivity index (χ4n) is 2.86. The van der Waals surface area contributed by atoms with Crippen LogP contribution < -0.4 is 10.2 Å². The summed E-state index contributed by atoms with van der Waals surface area (Å²) < 4.78 is 29.1. The first-order chi connectivity index (χ1) is 12.5. The van der Waals surface area contributed by atoms with Crippen molar-refractivity contribution in [2.45, 2.75) is 17.9 Å². The highest BCUT2D eigenvalue weighted by Crippen LogP contribution is 2.42. The summed E-state index contributed by atoms with van der Waals surface area (Å²) in [6, 6.07) is 5.40. The predicted molar refractivity (Wildman–Crippen MR) is 100 cm³/mol. The van der Waals surface area contributed by atoms with E-state index in [9.17, 15) is 13.2 Å². The third kappa shape index (κ3) is 3.47. The number of rotatable bonds is 5. The first-order valence-corrected chi connectivity index (χ1v) is 10.6. The molecule has 26 heavy (non-hydrogen) atoms. The molecule has 0 spiro atoms. The van der Waals surface area contributed by atoms with Gasteiger partial charge < -0.3 is 14.8 Å². The van der Waals surface area contributed by atoms with E-state index in [1.165, 1.54) is 11.8 Å². The maximum atomic E-state index is 12.3. The van der Waals surface area contributed by atoms with Gasteiger partial charge >= 0.3 is 0 Å². The Hall–Kier alpha value is -2.33. The van der Waals surface area contributed by atoms with Crippen molar-refractivity contribution in [2.75, 3.05) is 23.7 Å². The van der Waals surface area contributed by atoms with Crippen LogP contribution in [-0.4, -0.2) is 47.9 Å². The van der Waals surface area contributed by atoms with Crippen LogP contribution in [0.2, 0.25) is 0 Å². The van der Waals surface area contributed by atoms with E-state index in [0.29, 0.717) is 23.8 Å². The molecule has 4 rings (SSSR count). The number of aryl methyl sites for hydroxylation is 1. The molecule has 0 unspecified atom stereocenters. The fourth-order valence-corrected chi connectivity index (χ4v) is 5.15. The molecule has 8 nitrogen and oxygen atoms in total. The molecule has 0 radical (unpaired) electrons. The average molecular weight is 391 g/mol. The lowest BCUT2D eigenvalue weighted by Gasteiger charge is -2.22. The van der Waals surface area contributed by atoms with E-state index in [1.807, 2.05) is 21.7 Å². The molecule has 2 aliphatic rings. The summed E-state index contributed by atoms with van der Waals surface area (Å²) in [5.41, 5.74) is 1.46. The van der Waals surface area contributed by atoms with E-state index in [2.05, 4.69) is 14.7 Å². The highest BCUT2D eigenvalue weighted by Gasteiger charge is 2.33. The second-order valence-corrected chi connectivity index (χ2v) is 8.77. The molecule has 136 valence electrons. The number of carbonyl (C=O) groups is 1. The quantitative estimate of drug-likeness (QED) is 0.772. The van der Waals surface area contributed by atoms with Gasteiger partial charge in [0.25, 0.3) is 15.9 Å². The van der Waals surface area contributed by atoms with Crippen LogP contribution in [0.4, 0.5) is 5.69 Å². The van der Waals surface area contributed by atoms with Crippen molar-refractivity contribution in [3.8, 4) is 0 Å². The lowest BCUT2D eigenvalue weighted by atomic mass is 10.2. The normalized spacial score (nSPS) is 17.4. The van der Waals surface area contributed by atoms with E-state index >= 15 is 0 Å². The van der Waals surface area contributed by atoms with Crippen molar-refractivity contribution in [1.29, 1.82) is 0 Å². The van der Waals surface area contributed by atoms with Crippen LogP contribution >= 0.6 is 11.8 Å². The zero-order chi connectivity index (χ0) is 18.1. The lowest BCUT2D eigenvalue weighted by Crippen LogP contribution is -2.35. The molecule has 0 aliphatic carbocycles. The van der Waals surface area contributed by atoms with Gasteiger partial charge in [-0.05, 0) is 36.4 Å². The molecule has 0 saturated heterocycles. The second kappa shape index (κ2) is 6.76. The molecule has 0 atom stereocenters. The maximum absolute atomic E-state index is 12.3. The van der Waals surface area contributed by atoms with E-state index in [1.54, 1.807) is 24.7 Å². The van der Waals surface area contributed by atoms with Crippen LogP contribution in [0.25, 0.3) is 0 Å². The van der Waals surface area contributed by atoms with Crippen molar-refractivity contribution in [1.82, 2.24) is 14.9 Å². The zero-order valence-corrected chi connectivity index (χ0v) is 15.5. The Labute approximate surface area is 155 Å². The molecule has 1 aromatic heterocycles. The van der Waals surface area contributed by atoms with Crippen LogP contribution in [0.3, 0.4) is 0 Å². The number of hydrogen-bond donors (Lipinski definition) is 1. The van der Waals surface area contributed by atoms with E-state index in [4.69, 9.17) is 0 Å². The number of fused-ring (bicyclic) bond motifs is 3. The smallest absolute Gasteiger partial charge is 0.257 e. The first-order valence-electron chi connectivity index (χ1n) is 8.18. The van der Waals surface area contributed by atoms with Gasteiger partial charge in [0.2, 0.25) is 0 Å². The molecule has 0 fully saturated rings. The number of hydrogen-bond acceptors (Lipinski definition) is 6. The molecule has 0 bridgehead atoms. The third-order valence-corrected chi connectivity index (χ3v) is 6.48. The molecule has 2 aliphatic heterocycles. The van der Waals surface area contributed by atoms with Gasteiger partial charge in [-0.15, -0.1) is 4.40 Å². The lowest BCUT2D eigenvalue weighted by molar-refractivity contribution is 0.0952. The van der Waals surface area contributed by atoms with Gasteiger partial charge in [0.05, 0.1) is 17.8 Å². The van der Waals surface area contributed by atoms with Crippen LogP contribution in [0.15, 0.2) is 46.2 Å². The topological polar surface area (TPSA) is 96.7 Å². The third-order valence-electron chi connectivity index (χ3n) is 4.17. The highest BCUT2D eigenvalue weighted by molar-refractivity contribution is 8.15. The molecule has 1 N–H and O–H groups in total. The summed E-state index contributed by atoms with van der Waals surface area (Å²) in [6.45, 7) is 1.75. The SMILES string of the molecule is O=C(NCCCn1ccnc1)c1ccc2c(c1)SC1=NS(=O)(=O)CCN12. The van der Waals surface area contributed by atoms with Crippen LogP contribution in [-0.2, 0) is 16.6 Å². The number of thioether (sulfide) groups is 1. The number of aromatic nitrogens is 2. The van der Waals surface area contributed by atoms with Crippen molar-refractivity contribution in [2.24, 2.45) is 4.40 Å². The summed E-state index contributed by atoms with van der Waals surface area (Å²) in [6.07, 6.45) is 6.17. The van der Waals surface area contributed by atoms with Gasteiger partial charge in [-0.25, -0.2) is 13.4 Å². The summed E-state index contributed by atoms with van der Waals surface area (Å²) in [5.74, 6) is -0.131. The summed E-state index contributed by atoms with van der Waals surface area (Å²) in [7, 11) is -3.38. The van der Waals surface area contributed by atoms with Gasteiger partial charge in [-0.3, -0.25) is 4.79 Å². The first kappa shape index (κ1) is 17.1. The predicted octanol–water partition coefficient (Wildman–Crippen LogP) is 1.31. The van der Waals surface area contributed by atoms with Crippen LogP contribution in [0, 0.1) is 0 Å². The number of amides is 1. The highest BCUT2D eigenvalue weighted by atomic mass is 32.2. The van der Waals surface area contributed by atoms with E-state index in [-0.39, 0.29) is 11.7 Å². The van der Waals surface area contributed by atoms with E-state index in [0.717, 1.165) is 23.5 Å². The molecule has 10 heteroatoms. The summed E-state index contributed by atoms with van der Waals surface area (Å²) >= 11 is 1.29. The van der Waals surface area contributed by atoms with Gasteiger partial charge in [0.15, 0.2) is 5.17 Å². The van der Waals surface area contributed by atoms with Gasteiger partial charge in [-0.2, -0.15) is 0 Å². The van der Waals surface area contributed by atoms with Gasteiger partial charge in [0, 0.05) is 42.5 Å². The van der Waals surface area contributed by atoms with Gasteiger partial charge in [-0.1, -0.05) is 0 Å². The molecule has 2 aromatic rings. The Balaban J connectivity index is 1.40. The Morgan fingerprint density at radius 3 is 3.04 bits per heavy atom. The van der Waals surface area contributed by atoms with Crippen LogP contribution in [0.1, 0.15) is 16.8 Å². The average Bonchev–Trinajstić information content (AvgIpc) is 3.23. The summed E-state index contributed by atoms with van der Waals surface area (Å²) in [4.78, 5) is 19.1. The van der Waals surface area contributed by atoms with Crippen molar-refractivity contribution < 1.29 is 13.2 Å². The van der Waals surface area contributed by atoms with Crippen molar-refractivity contribution >= 4 is 38.5 Å². The van der Waals surface area contributed by atoms with Crippen molar-refractivity contribution in [3.05, 3.63) is 42.5 Å². The number of benzene rings is 1. The fraction of sp³-hybridized carbons (Fsp3) is 0.312. The number of sulfonamides is 1. The number of anilines is 1. The standard InChI is InChI=1S/C16H17N5O3S2/c22-15(18-4-1-6-20-7-5-17-11-20)12-2-3-13-14(10-12)25-16-19-26(23,24)9-8-21(13)16/h2-3,5,7,10-11H,1,4,6,8-9H2,(H,18,22). The molecular formula is C16H17N5O3S2. The van der Waals surface area contributed by atoms with E-state index < -0.39 is 10.0 Å². The largest absolute Gasteiger partial charge is 0.352 e. The molecule has 3 heterocycles. The molecule has 1 amide bonds. The van der Waals surface area contributed by atoms with Gasteiger partial charge in [0.1, 0.15) is 0 Å². The monoisotopic (exact) mass is 391 g/mol. The van der Waals surface area contributed by atoms with Crippen molar-refractivity contribution in [3.63, 3.8) is 0 Å².